The third-order valence-corrected chi connectivity index (χ3v) is 4.14. The van der Waals surface area contributed by atoms with Crippen LogP contribution >= 0.6 is 0 Å². The molecule has 3 heterocycles. The summed E-state index contributed by atoms with van der Waals surface area (Å²) in [6.45, 7) is 3.75. The standard InChI is InChI=1S/C16H22N6O/c1-2-3-13-10-14(21-20-13)19-16(23)12-4-8-22(9-5-12)15-11-17-6-7-18-15/h6-7,10-12H,2-5,8-9H2,1H3,(H2,19,20,21,23). The summed E-state index contributed by atoms with van der Waals surface area (Å²) >= 11 is 0. The average Bonchev–Trinajstić information content (AvgIpc) is 3.03. The zero-order valence-corrected chi connectivity index (χ0v) is 13.3. The zero-order valence-electron chi connectivity index (χ0n) is 13.3. The number of anilines is 2. The number of H-pyrrole nitrogens is 1. The van der Waals surface area contributed by atoms with Crippen molar-refractivity contribution in [2.75, 3.05) is 23.3 Å². The Balaban J connectivity index is 1.51. The molecule has 1 saturated heterocycles. The van der Waals surface area contributed by atoms with Gasteiger partial charge in [-0.3, -0.25) is 14.9 Å². The van der Waals surface area contributed by atoms with Gasteiger partial charge in [0, 0.05) is 43.2 Å². The molecular formula is C16H22N6O. The molecule has 7 nitrogen and oxygen atoms in total. The van der Waals surface area contributed by atoms with Crippen LogP contribution < -0.4 is 10.2 Å². The van der Waals surface area contributed by atoms with E-state index in [1.807, 2.05) is 6.07 Å². The molecule has 0 saturated carbocycles. The normalized spacial score (nSPS) is 15.6. The van der Waals surface area contributed by atoms with Gasteiger partial charge in [0.1, 0.15) is 5.82 Å². The molecule has 1 aliphatic rings. The lowest BCUT2D eigenvalue weighted by Crippen LogP contribution is -2.38. The molecule has 0 aromatic carbocycles. The number of piperidine rings is 1. The van der Waals surface area contributed by atoms with Gasteiger partial charge in [0.15, 0.2) is 5.82 Å². The molecule has 0 aliphatic carbocycles. The van der Waals surface area contributed by atoms with Crippen LogP contribution in [0.3, 0.4) is 0 Å². The monoisotopic (exact) mass is 314 g/mol. The first-order valence-corrected chi connectivity index (χ1v) is 8.12. The molecule has 2 aromatic heterocycles. The van der Waals surface area contributed by atoms with Crippen molar-refractivity contribution >= 4 is 17.5 Å². The van der Waals surface area contributed by atoms with Gasteiger partial charge in [-0.05, 0) is 19.3 Å². The second-order valence-electron chi connectivity index (χ2n) is 5.84. The third kappa shape index (κ3) is 3.85. The Hall–Kier alpha value is -2.44. The van der Waals surface area contributed by atoms with E-state index in [1.54, 1.807) is 18.6 Å². The van der Waals surface area contributed by atoms with Crippen LogP contribution in [0.1, 0.15) is 31.9 Å². The van der Waals surface area contributed by atoms with Gasteiger partial charge >= 0.3 is 0 Å². The van der Waals surface area contributed by atoms with Gasteiger partial charge in [-0.15, -0.1) is 0 Å². The van der Waals surface area contributed by atoms with Crippen LogP contribution in [0.2, 0.25) is 0 Å². The van der Waals surface area contributed by atoms with Crippen molar-refractivity contribution in [3.05, 3.63) is 30.4 Å². The molecule has 0 atom stereocenters. The first kappa shape index (κ1) is 15.5. The molecule has 0 unspecified atom stereocenters. The van der Waals surface area contributed by atoms with Crippen molar-refractivity contribution in [1.82, 2.24) is 20.2 Å². The lowest BCUT2D eigenvalue weighted by Gasteiger charge is -2.31. The molecule has 2 N–H and O–H groups in total. The Kier molecular flexibility index (Phi) is 4.85. The summed E-state index contributed by atoms with van der Waals surface area (Å²) in [5, 5.41) is 10.0. The Morgan fingerprint density at radius 3 is 2.91 bits per heavy atom. The predicted molar refractivity (Wildman–Crippen MR) is 88.2 cm³/mol. The molecule has 0 radical (unpaired) electrons. The summed E-state index contributed by atoms with van der Waals surface area (Å²) in [5.41, 5.74) is 1.06. The minimum absolute atomic E-state index is 0.0225. The van der Waals surface area contributed by atoms with Crippen LogP contribution in [0.15, 0.2) is 24.7 Å². The summed E-state index contributed by atoms with van der Waals surface area (Å²) < 4.78 is 0. The first-order valence-electron chi connectivity index (χ1n) is 8.12. The largest absolute Gasteiger partial charge is 0.355 e. The molecule has 0 bridgehead atoms. The molecule has 2 aromatic rings. The first-order chi connectivity index (χ1) is 11.3. The highest BCUT2D eigenvalue weighted by atomic mass is 16.2. The minimum atomic E-state index is 0.0225. The van der Waals surface area contributed by atoms with Crippen LogP contribution in [-0.2, 0) is 11.2 Å². The maximum atomic E-state index is 12.4. The number of hydrogen-bond donors (Lipinski definition) is 2. The van der Waals surface area contributed by atoms with Crippen LogP contribution in [0.25, 0.3) is 0 Å². The Labute approximate surface area is 135 Å². The average molecular weight is 314 g/mol. The van der Waals surface area contributed by atoms with E-state index in [0.717, 1.165) is 50.3 Å². The third-order valence-electron chi connectivity index (χ3n) is 4.14. The number of aromatic nitrogens is 4. The highest BCUT2D eigenvalue weighted by Crippen LogP contribution is 2.22. The van der Waals surface area contributed by atoms with Gasteiger partial charge < -0.3 is 10.2 Å². The predicted octanol–water partition coefficient (Wildman–Crippen LogP) is 2.01. The summed E-state index contributed by atoms with van der Waals surface area (Å²) in [5.74, 6) is 1.57. The summed E-state index contributed by atoms with van der Waals surface area (Å²) in [7, 11) is 0. The van der Waals surface area contributed by atoms with E-state index in [-0.39, 0.29) is 11.8 Å². The number of amides is 1. The Bertz CT molecular complexity index is 633. The van der Waals surface area contributed by atoms with Gasteiger partial charge in [-0.2, -0.15) is 5.10 Å². The molecule has 1 fully saturated rings. The molecule has 1 aliphatic heterocycles. The maximum absolute atomic E-state index is 12.4. The van der Waals surface area contributed by atoms with Crippen LogP contribution in [0.5, 0.6) is 0 Å². The molecule has 7 heteroatoms. The fraction of sp³-hybridized carbons (Fsp3) is 0.500. The SMILES string of the molecule is CCCc1cc(NC(=O)C2CCN(c3cnccn3)CC2)n[nH]1. The molecule has 0 spiro atoms. The number of carbonyl (C=O) groups excluding carboxylic acids is 1. The quantitative estimate of drug-likeness (QED) is 0.881. The van der Waals surface area contributed by atoms with Gasteiger partial charge in [0.2, 0.25) is 5.91 Å². The fourth-order valence-corrected chi connectivity index (χ4v) is 2.88. The molecule has 122 valence electrons. The van der Waals surface area contributed by atoms with E-state index in [4.69, 9.17) is 0 Å². The Morgan fingerprint density at radius 1 is 1.39 bits per heavy atom. The topological polar surface area (TPSA) is 86.8 Å². The van der Waals surface area contributed by atoms with Crippen molar-refractivity contribution in [3.8, 4) is 0 Å². The molecule has 1 amide bonds. The highest BCUT2D eigenvalue weighted by molar-refractivity contribution is 5.91. The number of rotatable bonds is 5. The van der Waals surface area contributed by atoms with Crippen LogP contribution in [0.4, 0.5) is 11.6 Å². The second-order valence-corrected chi connectivity index (χ2v) is 5.84. The maximum Gasteiger partial charge on any atom is 0.228 e. The summed E-state index contributed by atoms with van der Waals surface area (Å²) in [6, 6.07) is 1.91. The molecule has 3 rings (SSSR count). The van der Waals surface area contributed by atoms with Crippen molar-refractivity contribution in [3.63, 3.8) is 0 Å². The number of hydrogen-bond acceptors (Lipinski definition) is 5. The van der Waals surface area contributed by atoms with Crippen molar-refractivity contribution in [2.24, 2.45) is 5.92 Å². The van der Waals surface area contributed by atoms with Crippen LogP contribution in [0, 0.1) is 5.92 Å². The van der Waals surface area contributed by atoms with Crippen molar-refractivity contribution in [2.45, 2.75) is 32.6 Å². The van der Waals surface area contributed by atoms with Crippen molar-refractivity contribution < 1.29 is 4.79 Å². The number of nitrogens with zero attached hydrogens (tertiary/aromatic N) is 4. The van der Waals surface area contributed by atoms with E-state index in [1.165, 1.54) is 0 Å². The van der Waals surface area contributed by atoms with Gasteiger partial charge in [-0.1, -0.05) is 13.3 Å². The fourth-order valence-electron chi connectivity index (χ4n) is 2.88. The van der Waals surface area contributed by atoms with Gasteiger partial charge in [0.05, 0.1) is 6.20 Å². The second kappa shape index (κ2) is 7.21. The van der Waals surface area contributed by atoms with Gasteiger partial charge in [0.25, 0.3) is 0 Å². The number of nitrogens with one attached hydrogen (secondary N) is 2. The zero-order chi connectivity index (χ0) is 16.1. The number of aromatic amines is 1. The summed E-state index contributed by atoms with van der Waals surface area (Å²) in [4.78, 5) is 22.9. The Morgan fingerprint density at radius 2 is 2.22 bits per heavy atom. The van der Waals surface area contributed by atoms with E-state index >= 15 is 0 Å². The van der Waals surface area contributed by atoms with Crippen LogP contribution in [-0.4, -0.2) is 39.2 Å². The highest BCUT2D eigenvalue weighted by Gasteiger charge is 2.26. The van der Waals surface area contributed by atoms with E-state index in [9.17, 15) is 4.79 Å². The molecule has 23 heavy (non-hydrogen) atoms. The summed E-state index contributed by atoms with van der Waals surface area (Å²) in [6.07, 6.45) is 8.75. The lowest BCUT2D eigenvalue weighted by molar-refractivity contribution is -0.120. The number of aryl methyl sites for hydroxylation is 1. The van der Waals surface area contributed by atoms with Crippen molar-refractivity contribution in [1.29, 1.82) is 0 Å². The smallest absolute Gasteiger partial charge is 0.228 e. The van der Waals surface area contributed by atoms with E-state index in [0.29, 0.717) is 5.82 Å². The van der Waals surface area contributed by atoms with E-state index in [2.05, 4.69) is 37.3 Å². The van der Waals surface area contributed by atoms with E-state index < -0.39 is 0 Å². The number of carbonyl (C=O) groups is 1. The molecular weight excluding hydrogens is 292 g/mol. The minimum Gasteiger partial charge on any atom is -0.355 e. The lowest BCUT2D eigenvalue weighted by atomic mass is 9.96. The van der Waals surface area contributed by atoms with Gasteiger partial charge in [-0.25, -0.2) is 4.98 Å².